The number of carbonyl (C=O) groups is 2. The van der Waals surface area contributed by atoms with Gasteiger partial charge in [0.25, 0.3) is 0 Å². The summed E-state index contributed by atoms with van der Waals surface area (Å²) >= 11 is 0. The number of rotatable bonds is 11. The lowest BCUT2D eigenvalue weighted by Crippen LogP contribution is -2.29. The lowest BCUT2D eigenvalue weighted by Gasteiger charge is -2.00. The van der Waals surface area contributed by atoms with Crippen molar-refractivity contribution in [1.82, 2.24) is 5.32 Å². The van der Waals surface area contributed by atoms with Gasteiger partial charge >= 0.3 is 11.9 Å². The van der Waals surface area contributed by atoms with Gasteiger partial charge in [-0.25, -0.2) is 0 Å². The summed E-state index contributed by atoms with van der Waals surface area (Å²) < 4.78 is 0. The zero-order valence-electron chi connectivity index (χ0n) is 14.0. The molecule has 1 atom stereocenters. The number of unbranched alkanes of at least 4 members (excludes halogenated alkanes) is 8. The van der Waals surface area contributed by atoms with Gasteiger partial charge < -0.3 is 15.5 Å². The Morgan fingerprint density at radius 1 is 0.955 bits per heavy atom. The van der Waals surface area contributed by atoms with Crippen LogP contribution >= 0.6 is 0 Å². The van der Waals surface area contributed by atoms with E-state index in [4.69, 9.17) is 10.2 Å². The SMILES string of the molecule is CCCCCCCCCCCC(=O)O.O=C(O)C1CCCN1. The van der Waals surface area contributed by atoms with Crippen molar-refractivity contribution >= 4 is 11.9 Å². The maximum atomic E-state index is 10.2. The highest BCUT2D eigenvalue weighted by molar-refractivity contribution is 5.73. The Morgan fingerprint density at radius 2 is 1.50 bits per heavy atom. The molecule has 0 aromatic carbocycles. The fourth-order valence-corrected chi connectivity index (χ4v) is 2.48. The smallest absolute Gasteiger partial charge is 0.320 e. The van der Waals surface area contributed by atoms with Gasteiger partial charge in [0, 0.05) is 6.42 Å². The molecule has 22 heavy (non-hydrogen) atoms. The van der Waals surface area contributed by atoms with E-state index in [1.54, 1.807) is 0 Å². The van der Waals surface area contributed by atoms with Crippen molar-refractivity contribution in [3.63, 3.8) is 0 Å². The van der Waals surface area contributed by atoms with Crippen molar-refractivity contribution in [2.24, 2.45) is 0 Å². The van der Waals surface area contributed by atoms with E-state index in [-0.39, 0.29) is 6.04 Å². The summed E-state index contributed by atoms with van der Waals surface area (Å²) in [5, 5.41) is 19.6. The van der Waals surface area contributed by atoms with Gasteiger partial charge in [-0.3, -0.25) is 9.59 Å². The molecular weight excluding hydrogens is 282 g/mol. The van der Waals surface area contributed by atoms with Crippen molar-refractivity contribution in [3.8, 4) is 0 Å². The van der Waals surface area contributed by atoms with Gasteiger partial charge in [0.05, 0.1) is 0 Å². The maximum Gasteiger partial charge on any atom is 0.320 e. The van der Waals surface area contributed by atoms with Gasteiger partial charge in [0.15, 0.2) is 0 Å². The van der Waals surface area contributed by atoms with Crippen LogP contribution < -0.4 is 5.32 Å². The molecule has 1 aliphatic heterocycles. The minimum Gasteiger partial charge on any atom is -0.481 e. The molecule has 5 nitrogen and oxygen atoms in total. The van der Waals surface area contributed by atoms with E-state index >= 15 is 0 Å². The molecule has 0 bridgehead atoms. The van der Waals surface area contributed by atoms with Crippen LogP contribution in [0.3, 0.4) is 0 Å². The number of carboxylic acid groups (broad SMARTS) is 2. The van der Waals surface area contributed by atoms with E-state index < -0.39 is 11.9 Å². The fourth-order valence-electron chi connectivity index (χ4n) is 2.48. The molecule has 130 valence electrons. The minimum absolute atomic E-state index is 0.269. The molecule has 5 heteroatoms. The molecule has 1 heterocycles. The van der Waals surface area contributed by atoms with E-state index in [9.17, 15) is 9.59 Å². The van der Waals surface area contributed by atoms with Gasteiger partial charge in [-0.1, -0.05) is 58.3 Å². The Bertz CT molecular complexity index is 288. The summed E-state index contributed by atoms with van der Waals surface area (Å²) in [7, 11) is 0. The fraction of sp³-hybridized carbons (Fsp3) is 0.882. The first-order valence-corrected chi connectivity index (χ1v) is 8.76. The summed E-state index contributed by atoms with van der Waals surface area (Å²) in [6.07, 6.45) is 13.3. The van der Waals surface area contributed by atoms with Crippen LogP contribution in [0, 0.1) is 0 Å². The molecule has 0 aliphatic carbocycles. The lowest BCUT2D eigenvalue weighted by atomic mass is 10.1. The maximum absolute atomic E-state index is 10.2. The number of carboxylic acids is 2. The molecule has 1 unspecified atom stereocenters. The van der Waals surface area contributed by atoms with Crippen molar-refractivity contribution in [2.45, 2.75) is 90.0 Å². The highest BCUT2D eigenvalue weighted by Gasteiger charge is 2.20. The zero-order chi connectivity index (χ0) is 16.6. The van der Waals surface area contributed by atoms with Gasteiger partial charge in [-0.2, -0.15) is 0 Å². The largest absolute Gasteiger partial charge is 0.481 e. The second-order valence-electron chi connectivity index (χ2n) is 5.96. The molecule has 0 aromatic rings. The molecule has 0 saturated carbocycles. The number of hydrogen-bond donors (Lipinski definition) is 3. The van der Waals surface area contributed by atoms with Gasteiger partial charge in [-0.15, -0.1) is 0 Å². The molecule has 0 amide bonds. The molecule has 3 N–H and O–H groups in total. The molecule has 1 rings (SSSR count). The molecule has 0 spiro atoms. The van der Waals surface area contributed by atoms with Crippen molar-refractivity contribution in [3.05, 3.63) is 0 Å². The Morgan fingerprint density at radius 3 is 1.86 bits per heavy atom. The highest BCUT2D eigenvalue weighted by Crippen LogP contribution is 2.10. The van der Waals surface area contributed by atoms with Gasteiger partial charge in [0.1, 0.15) is 6.04 Å². The summed E-state index contributed by atoms with van der Waals surface area (Å²) in [5.41, 5.74) is 0. The third kappa shape index (κ3) is 13.9. The first kappa shape index (κ1) is 20.9. The van der Waals surface area contributed by atoms with Crippen LogP contribution in [0.4, 0.5) is 0 Å². The Hall–Kier alpha value is -1.10. The Labute approximate surface area is 134 Å². The average Bonchev–Trinajstić information content (AvgIpc) is 3.00. The molecule has 0 aromatic heterocycles. The third-order valence-corrected chi connectivity index (χ3v) is 3.85. The minimum atomic E-state index is -0.720. The second-order valence-corrected chi connectivity index (χ2v) is 5.96. The van der Waals surface area contributed by atoms with Crippen molar-refractivity contribution in [2.75, 3.05) is 6.54 Å². The van der Waals surface area contributed by atoms with E-state index in [0.29, 0.717) is 6.42 Å². The first-order valence-electron chi connectivity index (χ1n) is 8.76. The number of hydrogen-bond acceptors (Lipinski definition) is 3. The molecule has 1 fully saturated rings. The van der Waals surface area contributed by atoms with Gasteiger partial charge in [0.2, 0.25) is 0 Å². The number of nitrogens with one attached hydrogen (secondary N) is 1. The predicted octanol–water partition coefficient (Wildman–Crippen LogP) is 3.81. The quantitative estimate of drug-likeness (QED) is 0.505. The van der Waals surface area contributed by atoms with Crippen LogP contribution in [0.15, 0.2) is 0 Å². The van der Waals surface area contributed by atoms with Gasteiger partial charge in [-0.05, 0) is 25.8 Å². The summed E-state index contributed by atoms with van der Waals surface area (Å²) in [4.78, 5) is 20.3. The lowest BCUT2D eigenvalue weighted by molar-refractivity contribution is -0.139. The molecular formula is C17H33NO4. The topological polar surface area (TPSA) is 86.6 Å². The first-order chi connectivity index (χ1) is 10.6. The Kier molecular flexibility index (Phi) is 14.1. The van der Waals surface area contributed by atoms with Crippen LogP contribution in [0.1, 0.15) is 84.0 Å². The van der Waals surface area contributed by atoms with E-state index in [0.717, 1.165) is 32.2 Å². The third-order valence-electron chi connectivity index (χ3n) is 3.85. The van der Waals surface area contributed by atoms with Crippen LogP contribution in [-0.4, -0.2) is 34.7 Å². The van der Waals surface area contributed by atoms with E-state index in [1.807, 2.05) is 0 Å². The summed E-state index contributed by atoms with van der Waals surface area (Å²) in [5.74, 6) is -1.38. The summed E-state index contributed by atoms with van der Waals surface area (Å²) in [6.45, 7) is 3.09. The molecule has 1 aliphatic rings. The van der Waals surface area contributed by atoms with Crippen LogP contribution in [0.5, 0.6) is 0 Å². The molecule has 0 radical (unpaired) electrons. The highest BCUT2D eigenvalue weighted by atomic mass is 16.4. The van der Waals surface area contributed by atoms with E-state index in [2.05, 4.69) is 12.2 Å². The molecule has 1 saturated heterocycles. The Balaban J connectivity index is 0.000000461. The number of aliphatic carboxylic acids is 2. The van der Waals surface area contributed by atoms with Crippen molar-refractivity contribution < 1.29 is 19.8 Å². The average molecular weight is 315 g/mol. The van der Waals surface area contributed by atoms with Crippen LogP contribution in [-0.2, 0) is 9.59 Å². The standard InChI is InChI=1S/C12H24O2.C5H9NO2/c1-2-3-4-5-6-7-8-9-10-11-12(13)14;7-5(8)4-2-1-3-6-4/h2-11H2,1H3,(H,13,14);4,6H,1-3H2,(H,7,8). The monoisotopic (exact) mass is 315 g/mol. The van der Waals surface area contributed by atoms with Crippen LogP contribution in [0.25, 0.3) is 0 Å². The second kappa shape index (κ2) is 14.8. The summed E-state index contributed by atoms with van der Waals surface area (Å²) in [6, 6.07) is -0.269. The van der Waals surface area contributed by atoms with E-state index in [1.165, 1.54) is 44.9 Å². The van der Waals surface area contributed by atoms with Crippen molar-refractivity contribution in [1.29, 1.82) is 0 Å². The van der Waals surface area contributed by atoms with Crippen LogP contribution in [0.2, 0.25) is 0 Å². The normalized spacial score (nSPS) is 16.9. The zero-order valence-corrected chi connectivity index (χ0v) is 14.0. The predicted molar refractivity (Wildman–Crippen MR) is 88.1 cm³/mol.